The summed E-state index contributed by atoms with van der Waals surface area (Å²) in [6.45, 7) is 0. The molecule has 0 aliphatic carbocycles. The minimum atomic E-state index is -0.419. The molecule has 0 unspecified atom stereocenters. The largest absolute Gasteiger partial charge is 0.632 e. The van der Waals surface area contributed by atoms with Crippen LogP contribution in [0.1, 0.15) is 0 Å². The van der Waals surface area contributed by atoms with Gasteiger partial charge >= 0.3 is 7.12 Å². The molecule has 1 N–H and O–H groups in total. The van der Waals surface area contributed by atoms with Gasteiger partial charge in [0.15, 0.2) is 0 Å². The Morgan fingerprint density at radius 1 is 0.812 bits per heavy atom. The Hall–Kier alpha value is -2.10. The number of rotatable bonds is 1. The van der Waals surface area contributed by atoms with Gasteiger partial charge < -0.3 is 14.4 Å². The molecule has 2 aromatic rings. The Bertz CT molecular complexity index is 485. The van der Waals surface area contributed by atoms with E-state index < -0.39 is 7.12 Å². The lowest BCUT2D eigenvalue weighted by Crippen LogP contribution is -2.38. The average Bonchev–Trinajstić information content (AvgIpc) is 2.73. The first-order chi connectivity index (χ1) is 7.83. The topological polar surface area (TPSA) is 38.7 Å². The molecule has 2 aromatic carbocycles. The third kappa shape index (κ3) is 1.48. The normalized spacial score (nSPS) is 12.9. The molecule has 0 aromatic heterocycles. The second kappa shape index (κ2) is 3.49. The highest BCUT2D eigenvalue weighted by atomic mass is 16.6. The van der Waals surface area contributed by atoms with Crippen molar-refractivity contribution in [3.63, 3.8) is 0 Å². The summed E-state index contributed by atoms with van der Waals surface area (Å²) >= 11 is 0. The highest BCUT2D eigenvalue weighted by Gasteiger charge is 2.33. The molecule has 0 radical (unpaired) electrons. The van der Waals surface area contributed by atoms with Crippen LogP contribution in [0.3, 0.4) is 0 Å². The number of fused-ring (bicyclic) bond motifs is 1. The standard InChI is InChI=1S/C12H9BO3/c14-10-7-5-9(6-8-10)13-15-11-3-1-2-4-12(11)16-13/h1-8,14H. The molecule has 1 aliphatic heterocycles. The maximum Gasteiger partial charge on any atom is 0.632 e. The first kappa shape index (κ1) is 9.15. The van der Waals surface area contributed by atoms with Gasteiger partial charge in [0, 0.05) is 5.46 Å². The Morgan fingerprint density at radius 3 is 1.94 bits per heavy atom. The van der Waals surface area contributed by atoms with E-state index in [4.69, 9.17) is 9.31 Å². The Labute approximate surface area is 93.4 Å². The Balaban J connectivity index is 1.88. The van der Waals surface area contributed by atoms with Crippen LogP contribution in [0.4, 0.5) is 0 Å². The molecule has 0 atom stereocenters. The Kier molecular flexibility index (Phi) is 1.99. The second-order valence-electron chi connectivity index (χ2n) is 3.61. The second-order valence-corrected chi connectivity index (χ2v) is 3.61. The van der Waals surface area contributed by atoms with E-state index in [9.17, 15) is 5.11 Å². The number of aromatic hydroxyl groups is 1. The van der Waals surface area contributed by atoms with Crippen LogP contribution in [0.25, 0.3) is 0 Å². The molecular weight excluding hydrogens is 203 g/mol. The zero-order chi connectivity index (χ0) is 11.0. The molecule has 3 nitrogen and oxygen atoms in total. The van der Waals surface area contributed by atoms with Gasteiger partial charge in [-0.2, -0.15) is 0 Å². The van der Waals surface area contributed by atoms with Crippen molar-refractivity contribution >= 4 is 12.6 Å². The molecule has 78 valence electrons. The van der Waals surface area contributed by atoms with Crippen LogP contribution in [-0.4, -0.2) is 12.2 Å². The van der Waals surface area contributed by atoms with Gasteiger partial charge in [0.25, 0.3) is 0 Å². The van der Waals surface area contributed by atoms with Crippen LogP contribution >= 0.6 is 0 Å². The fraction of sp³-hybridized carbons (Fsp3) is 0. The zero-order valence-corrected chi connectivity index (χ0v) is 8.46. The molecule has 0 bridgehead atoms. The van der Waals surface area contributed by atoms with E-state index in [2.05, 4.69) is 0 Å². The lowest BCUT2D eigenvalue weighted by atomic mass is 9.79. The summed E-state index contributed by atoms with van der Waals surface area (Å²) in [5, 5.41) is 9.19. The van der Waals surface area contributed by atoms with E-state index in [1.54, 1.807) is 24.3 Å². The summed E-state index contributed by atoms with van der Waals surface area (Å²) < 4.78 is 11.3. The summed E-state index contributed by atoms with van der Waals surface area (Å²) in [7, 11) is -0.419. The van der Waals surface area contributed by atoms with Crippen LogP contribution < -0.4 is 14.8 Å². The van der Waals surface area contributed by atoms with Gasteiger partial charge in [-0.15, -0.1) is 0 Å². The summed E-state index contributed by atoms with van der Waals surface area (Å²) in [5.41, 5.74) is 0.883. The molecule has 1 aliphatic rings. The monoisotopic (exact) mass is 212 g/mol. The van der Waals surface area contributed by atoms with Gasteiger partial charge in [0.05, 0.1) is 0 Å². The van der Waals surface area contributed by atoms with Gasteiger partial charge in [-0.3, -0.25) is 0 Å². The predicted octanol–water partition coefficient (Wildman–Crippen LogP) is 1.56. The van der Waals surface area contributed by atoms with Crippen molar-refractivity contribution in [3.8, 4) is 17.2 Å². The predicted molar refractivity (Wildman–Crippen MR) is 61.2 cm³/mol. The van der Waals surface area contributed by atoms with Crippen LogP contribution in [0.5, 0.6) is 17.2 Å². The highest BCUT2D eigenvalue weighted by Crippen LogP contribution is 2.32. The lowest BCUT2D eigenvalue weighted by Gasteiger charge is -2.04. The maximum absolute atomic E-state index is 9.19. The van der Waals surface area contributed by atoms with Crippen LogP contribution in [0, 0.1) is 0 Å². The van der Waals surface area contributed by atoms with E-state index >= 15 is 0 Å². The molecule has 0 spiro atoms. The SMILES string of the molecule is Oc1ccc(B2Oc3ccccc3O2)cc1. The summed E-state index contributed by atoms with van der Waals surface area (Å²) in [6, 6.07) is 14.3. The molecular formula is C12H9BO3. The molecule has 3 rings (SSSR count). The van der Waals surface area contributed by atoms with Gasteiger partial charge in [-0.05, 0) is 24.3 Å². The first-order valence-electron chi connectivity index (χ1n) is 5.04. The highest BCUT2D eigenvalue weighted by molar-refractivity contribution is 6.63. The van der Waals surface area contributed by atoms with E-state index in [0.717, 1.165) is 17.0 Å². The van der Waals surface area contributed by atoms with Crippen molar-refractivity contribution in [1.29, 1.82) is 0 Å². The van der Waals surface area contributed by atoms with Gasteiger partial charge in [0.2, 0.25) is 0 Å². The quantitative estimate of drug-likeness (QED) is 0.729. The number of hydrogen-bond donors (Lipinski definition) is 1. The average molecular weight is 212 g/mol. The molecule has 0 fully saturated rings. The minimum absolute atomic E-state index is 0.235. The molecule has 0 saturated carbocycles. The fourth-order valence-electron chi connectivity index (χ4n) is 1.67. The van der Waals surface area contributed by atoms with Crippen molar-refractivity contribution in [3.05, 3.63) is 48.5 Å². The molecule has 0 saturated heterocycles. The number of para-hydroxylation sites is 2. The van der Waals surface area contributed by atoms with Gasteiger partial charge in [-0.1, -0.05) is 24.3 Å². The number of benzene rings is 2. The van der Waals surface area contributed by atoms with Crippen molar-refractivity contribution in [2.45, 2.75) is 0 Å². The van der Waals surface area contributed by atoms with Crippen LogP contribution in [-0.2, 0) is 0 Å². The molecule has 4 heteroatoms. The van der Waals surface area contributed by atoms with E-state index in [-0.39, 0.29) is 5.75 Å². The molecule has 16 heavy (non-hydrogen) atoms. The van der Waals surface area contributed by atoms with E-state index in [1.165, 1.54) is 0 Å². The minimum Gasteiger partial charge on any atom is -0.519 e. The molecule has 1 heterocycles. The van der Waals surface area contributed by atoms with Gasteiger partial charge in [0.1, 0.15) is 17.2 Å². The fourth-order valence-corrected chi connectivity index (χ4v) is 1.67. The summed E-state index contributed by atoms with van der Waals surface area (Å²) in [5.74, 6) is 1.74. The first-order valence-corrected chi connectivity index (χ1v) is 5.04. The maximum atomic E-state index is 9.19. The van der Waals surface area contributed by atoms with Crippen molar-refractivity contribution in [1.82, 2.24) is 0 Å². The van der Waals surface area contributed by atoms with Crippen molar-refractivity contribution in [2.24, 2.45) is 0 Å². The van der Waals surface area contributed by atoms with E-state index in [0.29, 0.717) is 0 Å². The Morgan fingerprint density at radius 2 is 1.38 bits per heavy atom. The third-order valence-corrected chi connectivity index (χ3v) is 2.48. The number of phenols is 1. The van der Waals surface area contributed by atoms with Crippen LogP contribution in [0.2, 0.25) is 0 Å². The van der Waals surface area contributed by atoms with Crippen molar-refractivity contribution in [2.75, 3.05) is 0 Å². The van der Waals surface area contributed by atoms with E-state index in [1.807, 2.05) is 24.3 Å². The summed E-state index contributed by atoms with van der Waals surface area (Å²) in [4.78, 5) is 0. The molecule has 0 amide bonds. The van der Waals surface area contributed by atoms with Gasteiger partial charge in [-0.25, -0.2) is 0 Å². The smallest absolute Gasteiger partial charge is 0.519 e. The lowest BCUT2D eigenvalue weighted by molar-refractivity contribution is 0.475. The number of phenolic OH excluding ortho intramolecular Hbond substituents is 1. The van der Waals surface area contributed by atoms with Crippen LogP contribution in [0.15, 0.2) is 48.5 Å². The summed E-state index contributed by atoms with van der Waals surface area (Å²) in [6.07, 6.45) is 0. The third-order valence-electron chi connectivity index (χ3n) is 2.48. The number of hydrogen-bond acceptors (Lipinski definition) is 3. The zero-order valence-electron chi connectivity index (χ0n) is 8.46. The van der Waals surface area contributed by atoms with Crippen molar-refractivity contribution < 1.29 is 14.4 Å².